The first kappa shape index (κ1) is 17.2. The van der Waals surface area contributed by atoms with Gasteiger partial charge in [0.15, 0.2) is 5.69 Å². The Kier molecular flexibility index (Phi) is 4.23. The summed E-state index contributed by atoms with van der Waals surface area (Å²) in [4.78, 5) is 19.9. The predicted octanol–water partition coefficient (Wildman–Crippen LogP) is 5.16. The van der Waals surface area contributed by atoms with Crippen LogP contribution in [0.3, 0.4) is 0 Å². The van der Waals surface area contributed by atoms with Crippen LogP contribution >= 0.6 is 0 Å². The highest BCUT2D eigenvalue weighted by atomic mass is 19.1. The molecule has 0 atom stereocenters. The van der Waals surface area contributed by atoms with Gasteiger partial charge in [-0.1, -0.05) is 30.3 Å². The molecule has 28 heavy (non-hydrogen) atoms. The van der Waals surface area contributed by atoms with Crippen LogP contribution in [0.15, 0.2) is 59.0 Å². The van der Waals surface area contributed by atoms with Gasteiger partial charge < -0.3 is 9.32 Å². The summed E-state index contributed by atoms with van der Waals surface area (Å²) in [6.07, 6.45) is 4.06. The highest BCUT2D eigenvalue weighted by Gasteiger charge is 2.39. The first-order valence-electron chi connectivity index (χ1n) is 9.80. The van der Waals surface area contributed by atoms with Crippen LogP contribution < -0.4 is 0 Å². The molecule has 2 aliphatic rings. The number of benzene rings is 2. The lowest BCUT2D eigenvalue weighted by Gasteiger charge is -2.22. The molecule has 4 nitrogen and oxygen atoms in total. The Morgan fingerprint density at radius 3 is 2.39 bits per heavy atom. The molecule has 0 radical (unpaired) electrons. The van der Waals surface area contributed by atoms with Crippen LogP contribution in [-0.4, -0.2) is 21.8 Å². The lowest BCUT2D eigenvalue weighted by molar-refractivity contribution is 0.0722. The molecule has 3 aromatic rings. The van der Waals surface area contributed by atoms with E-state index in [1.54, 1.807) is 12.1 Å². The van der Waals surface area contributed by atoms with Gasteiger partial charge >= 0.3 is 0 Å². The summed E-state index contributed by atoms with van der Waals surface area (Å²) in [7, 11) is 0. The van der Waals surface area contributed by atoms with Crippen LogP contribution in [0.1, 0.15) is 53.4 Å². The maximum Gasteiger partial charge on any atom is 0.276 e. The Bertz CT molecular complexity index is 989. The Hall–Kier alpha value is -2.95. The van der Waals surface area contributed by atoms with Gasteiger partial charge in [0.1, 0.15) is 11.6 Å². The average Bonchev–Trinajstić information content (AvgIpc) is 3.66. The van der Waals surface area contributed by atoms with Crippen LogP contribution in [0, 0.1) is 5.82 Å². The normalized spacial score (nSPS) is 16.2. The van der Waals surface area contributed by atoms with Gasteiger partial charge in [0.05, 0.1) is 0 Å². The number of nitrogens with zero attached hydrogens (tertiary/aromatic N) is 2. The highest BCUT2D eigenvalue weighted by molar-refractivity contribution is 5.94. The van der Waals surface area contributed by atoms with Crippen LogP contribution in [-0.2, 0) is 6.54 Å². The predicted molar refractivity (Wildman–Crippen MR) is 103 cm³/mol. The van der Waals surface area contributed by atoms with Crippen molar-refractivity contribution >= 4 is 5.91 Å². The molecule has 2 fully saturated rings. The Balaban J connectivity index is 1.47. The number of aromatic nitrogens is 1. The molecule has 1 heterocycles. The number of halogens is 1. The van der Waals surface area contributed by atoms with Crippen molar-refractivity contribution in [3.8, 4) is 11.5 Å². The van der Waals surface area contributed by atoms with E-state index in [4.69, 9.17) is 4.42 Å². The molecule has 5 heteroatoms. The van der Waals surface area contributed by atoms with Crippen molar-refractivity contribution in [2.45, 2.75) is 44.2 Å². The molecular weight excluding hydrogens is 355 g/mol. The Morgan fingerprint density at radius 1 is 1.04 bits per heavy atom. The van der Waals surface area contributed by atoms with Gasteiger partial charge in [0, 0.05) is 24.1 Å². The summed E-state index contributed by atoms with van der Waals surface area (Å²) in [5.41, 5.74) is 2.23. The second-order valence-electron chi connectivity index (χ2n) is 7.66. The molecule has 2 aliphatic carbocycles. The molecule has 2 aromatic carbocycles. The number of hydrogen-bond donors (Lipinski definition) is 0. The summed E-state index contributed by atoms with van der Waals surface area (Å²) >= 11 is 0. The second kappa shape index (κ2) is 6.89. The van der Waals surface area contributed by atoms with Crippen molar-refractivity contribution in [2.75, 3.05) is 0 Å². The van der Waals surface area contributed by atoms with Crippen molar-refractivity contribution in [2.24, 2.45) is 0 Å². The lowest BCUT2D eigenvalue weighted by Crippen LogP contribution is -2.33. The largest absolute Gasteiger partial charge is 0.440 e. The monoisotopic (exact) mass is 376 g/mol. The number of hydrogen-bond acceptors (Lipinski definition) is 3. The maximum atomic E-state index is 13.4. The second-order valence-corrected chi connectivity index (χ2v) is 7.66. The zero-order valence-corrected chi connectivity index (χ0v) is 15.5. The Labute approximate surface area is 163 Å². The van der Waals surface area contributed by atoms with E-state index in [1.807, 2.05) is 35.2 Å². The van der Waals surface area contributed by atoms with E-state index in [0.29, 0.717) is 23.9 Å². The topological polar surface area (TPSA) is 46.3 Å². The third-order valence-electron chi connectivity index (χ3n) is 5.34. The fourth-order valence-corrected chi connectivity index (χ4v) is 3.49. The Morgan fingerprint density at radius 2 is 1.75 bits per heavy atom. The van der Waals surface area contributed by atoms with Gasteiger partial charge in [-0.05, 0) is 55.5 Å². The number of rotatable bonds is 6. The molecule has 0 saturated heterocycles. The van der Waals surface area contributed by atoms with Crippen LogP contribution in [0.4, 0.5) is 4.39 Å². The molecule has 0 unspecified atom stereocenters. The standard InChI is InChI=1S/C23H21FN2O2/c24-18-10-6-15(7-11-18)14-26(19-12-13-19)23(27)20-21(16-8-9-16)28-22(25-20)17-4-2-1-3-5-17/h1-7,10-11,16,19H,8-9,12-14H2. The molecule has 0 aliphatic heterocycles. The summed E-state index contributed by atoms with van der Waals surface area (Å²) < 4.78 is 19.3. The summed E-state index contributed by atoms with van der Waals surface area (Å²) in [5, 5.41) is 0. The molecule has 1 aromatic heterocycles. The van der Waals surface area contributed by atoms with E-state index in [-0.39, 0.29) is 23.7 Å². The van der Waals surface area contributed by atoms with Crippen molar-refractivity contribution in [1.82, 2.24) is 9.88 Å². The number of carbonyl (C=O) groups is 1. The molecule has 142 valence electrons. The van der Waals surface area contributed by atoms with Crippen LogP contribution in [0.25, 0.3) is 11.5 Å². The zero-order valence-electron chi connectivity index (χ0n) is 15.5. The lowest BCUT2D eigenvalue weighted by atomic mass is 10.1. The van der Waals surface area contributed by atoms with E-state index in [1.165, 1.54) is 12.1 Å². The molecular formula is C23H21FN2O2. The minimum absolute atomic E-state index is 0.0837. The highest BCUT2D eigenvalue weighted by Crippen LogP contribution is 2.44. The van der Waals surface area contributed by atoms with Crippen LogP contribution in [0.2, 0.25) is 0 Å². The molecule has 0 bridgehead atoms. The summed E-state index contributed by atoms with van der Waals surface area (Å²) in [6.45, 7) is 0.460. The summed E-state index contributed by atoms with van der Waals surface area (Å²) in [5.74, 6) is 1.15. The van der Waals surface area contributed by atoms with E-state index >= 15 is 0 Å². The first-order chi connectivity index (χ1) is 13.7. The average molecular weight is 376 g/mol. The molecule has 1 amide bonds. The van der Waals surface area contributed by atoms with E-state index < -0.39 is 0 Å². The van der Waals surface area contributed by atoms with Crippen molar-refractivity contribution in [3.63, 3.8) is 0 Å². The molecule has 2 saturated carbocycles. The quantitative estimate of drug-likeness (QED) is 0.597. The van der Waals surface area contributed by atoms with Crippen molar-refractivity contribution in [1.29, 1.82) is 0 Å². The molecule has 0 N–H and O–H groups in total. The number of oxazole rings is 1. The molecule has 0 spiro atoms. The SMILES string of the molecule is O=C(c1nc(-c2ccccc2)oc1C1CC1)N(Cc1ccc(F)cc1)C1CC1. The van der Waals surface area contributed by atoms with Gasteiger partial charge in [-0.2, -0.15) is 0 Å². The van der Waals surface area contributed by atoms with Gasteiger partial charge in [-0.3, -0.25) is 4.79 Å². The minimum atomic E-state index is -0.270. The van der Waals surface area contributed by atoms with Gasteiger partial charge in [-0.25, -0.2) is 9.37 Å². The van der Waals surface area contributed by atoms with Crippen LogP contribution in [0.5, 0.6) is 0 Å². The van der Waals surface area contributed by atoms with Crippen molar-refractivity contribution < 1.29 is 13.6 Å². The maximum absolute atomic E-state index is 13.4. The third kappa shape index (κ3) is 3.44. The van der Waals surface area contributed by atoms with Gasteiger partial charge in [0.2, 0.25) is 5.89 Å². The van der Waals surface area contributed by atoms with Crippen molar-refractivity contribution in [3.05, 3.63) is 77.4 Å². The number of amides is 1. The fourth-order valence-electron chi connectivity index (χ4n) is 3.49. The van der Waals surface area contributed by atoms with E-state index in [2.05, 4.69) is 4.98 Å². The minimum Gasteiger partial charge on any atom is -0.440 e. The smallest absolute Gasteiger partial charge is 0.276 e. The fraction of sp³-hybridized carbons (Fsp3) is 0.304. The number of carbonyl (C=O) groups excluding carboxylic acids is 1. The van der Waals surface area contributed by atoms with E-state index in [0.717, 1.165) is 36.8 Å². The first-order valence-corrected chi connectivity index (χ1v) is 9.80. The van der Waals surface area contributed by atoms with Gasteiger partial charge in [0.25, 0.3) is 5.91 Å². The zero-order chi connectivity index (χ0) is 19.1. The molecule has 5 rings (SSSR count). The third-order valence-corrected chi connectivity index (χ3v) is 5.34. The van der Waals surface area contributed by atoms with E-state index in [9.17, 15) is 9.18 Å². The summed E-state index contributed by atoms with van der Waals surface area (Å²) in [6, 6.07) is 16.2. The van der Waals surface area contributed by atoms with Gasteiger partial charge in [-0.15, -0.1) is 0 Å².